The molecule has 0 saturated carbocycles. The minimum absolute atomic E-state index is 0. The van der Waals surface area contributed by atoms with Crippen molar-refractivity contribution in [2.75, 3.05) is 0 Å². The number of carbonyl (C=O) groups is 2. The van der Waals surface area contributed by atoms with E-state index in [-0.39, 0.29) is 35.7 Å². The molecule has 0 aromatic heterocycles. The molecular weight excluding hydrogens is 614 g/mol. The van der Waals surface area contributed by atoms with E-state index in [1.54, 1.807) is 0 Å². The second-order valence-electron chi connectivity index (χ2n) is 8.39. The van der Waals surface area contributed by atoms with Gasteiger partial charge >= 0.3 is 23.9 Å². The molecule has 0 N–H and O–H groups in total. The third-order valence-electron chi connectivity index (χ3n) is 5.29. The fourth-order valence-electron chi connectivity index (χ4n) is 2.85. The van der Waals surface area contributed by atoms with Crippen LogP contribution in [0.5, 0.6) is 0 Å². The summed E-state index contributed by atoms with van der Waals surface area (Å²) in [4.78, 5) is 20.7. The number of hydrogen-bond donors (Lipinski definition) is 0. The maximum Gasteiger partial charge on any atom is 2.00 e. The van der Waals surface area contributed by atoms with Crippen LogP contribution < -0.4 is 10.2 Å². The molecular formula is C30H42Cl2O4Sn. The number of aliphatic carboxylic acids is 2. The van der Waals surface area contributed by atoms with E-state index in [1.165, 1.54) is 0 Å². The van der Waals surface area contributed by atoms with E-state index in [9.17, 15) is 19.8 Å². The maximum atomic E-state index is 10.3. The first kappa shape index (κ1) is 40.3. The van der Waals surface area contributed by atoms with Crippen LogP contribution >= 0.6 is 23.2 Å². The zero-order chi connectivity index (χ0) is 27.9. The Hall–Kier alpha value is -1.24. The van der Waals surface area contributed by atoms with Gasteiger partial charge in [-0.25, -0.2) is 0 Å². The second kappa shape index (κ2) is 26.4. The average Bonchev–Trinajstić information content (AvgIpc) is 2.85. The third kappa shape index (κ3) is 24.8. The predicted molar refractivity (Wildman–Crippen MR) is 155 cm³/mol. The van der Waals surface area contributed by atoms with E-state index in [1.807, 2.05) is 62.5 Å². The molecule has 7 heteroatoms. The van der Waals surface area contributed by atoms with Gasteiger partial charge < -0.3 is 19.8 Å². The average molecular weight is 656 g/mol. The molecule has 0 spiro atoms. The van der Waals surface area contributed by atoms with Gasteiger partial charge in [-0.3, -0.25) is 0 Å². The van der Waals surface area contributed by atoms with Crippen LogP contribution in [-0.2, 0) is 9.59 Å². The van der Waals surface area contributed by atoms with Crippen LogP contribution in [0, 0.1) is 22.6 Å². The van der Waals surface area contributed by atoms with Gasteiger partial charge in [0.05, 0.1) is 0 Å². The van der Waals surface area contributed by atoms with E-state index in [0.29, 0.717) is 12.8 Å². The number of carbonyl (C=O) groups excluding carboxylic acids is 2. The fourth-order valence-corrected chi connectivity index (χ4v) is 3.10. The number of halogens is 2. The largest absolute Gasteiger partial charge is 2.00 e. The summed E-state index contributed by atoms with van der Waals surface area (Å²) in [6.45, 7) is 15.3. The van der Waals surface area contributed by atoms with Crippen molar-refractivity contribution in [3.63, 3.8) is 0 Å². The van der Waals surface area contributed by atoms with Crippen LogP contribution in [0.15, 0.2) is 72.9 Å². The van der Waals surface area contributed by atoms with Gasteiger partial charge in [-0.1, -0.05) is 115 Å². The van der Waals surface area contributed by atoms with Gasteiger partial charge in [-0.15, -0.1) is 23.2 Å². The van der Waals surface area contributed by atoms with Gasteiger partial charge in [-0.05, 0) is 48.7 Å². The number of carboxylic acid groups (broad SMARTS) is 2. The van der Waals surface area contributed by atoms with Crippen LogP contribution in [0.1, 0.15) is 79.1 Å². The number of carboxylic acids is 2. The molecule has 0 heterocycles. The zero-order valence-corrected chi connectivity index (χ0v) is 27.1. The molecule has 4 radical (unpaired) electrons. The van der Waals surface area contributed by atoms with E-state index < -0.39 is 11.9 Å². The number of rotatable bonds is 10. The molecule has 4 nitrogen and oxygen atoms in total. The molecule has 2 rings (SSSR count). The van der Waals surface area contributed by atoms with Crippen molar-refractivity contribution in [3.05, 3.63) is 83.7 Å². The van der Waals surface area contributed by atoms with Crippen LogP contribution in [0.25, 0.3) is 0 Å². The van der Waals surface area contributed by atoms with E-state index >= 15 is 0 Å². The summed E-state index contributed by atoms with van der Waals surface area (Å²) < 4.78 is 0. The van der Waals surface area contributed by atoms with Crippen LogP contribution in [0.2, 0.25) is 0 Å². The van der Waals surface area contributed by atoms with Crippen molar-refractivity contribution < 1.29 is 19.8 Å². The van der Waals surface area contributed by atoms with Gasteiger partial charge in [0.15, 0.2) is 0 Å². The molecule has 2 unspecified atom stereocenters. The second-order valence-corrected chi connectivity index (χ2v) is 9.26. The number of hydrogen-bond acceptors (Lipinski definition) is 4. The van der Waals surface area contributed by atoms with Crippen LogP contribution in [0.4, 0.5) is 0 Å². The standard InChI is InChI=1S/2C8H16O2.2C7H6Cl.Sn/c2*1-3-5-6-7(4-2)8(9)10;2*1-6-2-4-7(8)5-3-6;/h2*7H,3-6H2,1-2H3,(H,9,10);2*2-5H,1H2;/q;;;;+2/p-2. The summed E-state index contributed by atoms with van der Waals surface area (Å²) in [6, 6.07) is 0. The van der Waals surface area contributed by atoms with Crippen LogP contribution in [-0.4, -0.2) is 35.8 Å². The van der Waals surface area contributed by atoms with Crippen molar-refractivity contribution in [2.24, 2.45) is 11.8 Å². The van der Waals surface area contributed by atoms with E-state index in [0.717, 1.165) is 60.4 Å². The topological polar surface area (TPSA) is 80.3 Å². The first-order chi connectivity index (χ1) is 17.0. The Bertz CT molecular complexity index is 676. The molecule has 0 aromatic carbocycles. The molecule has 0 bridgehead atoms. The quantitative estimate of drug-likeness (QED) is 0.255. The monoisotopic (exact) mass is 656 g/mol. The molecule has 2 atom stereocenters. The number of allylic oxidation sites excluding steroid dienone is 10. The summed E-state index contributed by atoms with van der Waals surface area (Å²) in [5, 5.41) is 22.2. The van der Waals surface area contributed by atoms with Crippen molar-refractivity contribution in [2.45, 2.75) is 79.1 Å². The molecule has 2 aliphatic rings. The van der Waals surface area contributed by atoms with E-state index in [4.69, 9.17) is 23.2 Å². The molecule has 0 aromatic rings. The Morgan fingerprint density at radius 2 is 0.946 bits per heavy atom. The SMILES string of the molecule is C=C1C=C[C](Cl)C=C1.C=C1C=C[C](Cl)C=C1.CCCCC(CC)C(=O)[O-].CCCCC(CC)C(=O)[O-].[Sn+2]. The summed E-state index contributed by atoms with van der Waals surface area (Å²) >= 11 is 11.2. The van der Waals surface area contributed by atoms with Crippen molar-refractivity contribution >= 4 is 59.0 Å². The molecule has 37 heavy (non-hydrogen) atoms. The summed E-state index contributed by atoms with van der Waals surface area (Å²) in [7, 11) is 0. The molecule has 0 saturated heterocycles. The van der Waals surface area contributed by atoms with Crippen molar-refractivity contribution in [1.82, 2.24) is 0 Å². The van der Waals surface area contributed by atoms with Gasteiger partial charge in [0.25, 0.3) is 0 Å². The predicted octanol–water partition coefficient (Wildman–Crippen LogP) is 6.40. The van der Waals surface area contributed by atoms with Gasteiger partial charge in [0, 0.05) is 11.9 Å². The van der Waals surface area contributed by atoms with Crippen molar-refractivity contribution in [3.8, 4) is 0 Å². The van der Waals surface area contributed by atoms with Gasteiger partial charge in [0.1, 0.15) is 10.8 Å². The van der Waals surface area contributed by atoms with E-state index in [2.05, 4.69) is 27.0 Å². The Balaban J connectivity index is -0.000000414. The maximum absolute atomic E-state index is 10.3. The first-order valence-corrected chi connectivity index (χ1v) is 13.3. The third-order valence-corrected chi connectivity index (χ3v) is 5.80. The fraction of sp³-hybridized carbons (Fsp3) is 0.467. The molecule has 0 aliphatic heterocycles. The summed E-state index contributed by atoms with van der Waals surface area (Å²) in [5.74, 6) is -2.23. The summed E-state index contributed by atoms with van der Waals surface area (Å²) in [5.41, 5.74) is 1.99. The zero-order valence-electron chi connectivity index (χ0n) is 22.7. The Morgan fingerprint density at radius 3 is 1.11 bits per heavy atom. The Labute approximate surface area is 252 Å². The molecule has 0 fully saturated rings. The smallest absolute Gasteiger partial charge is 0.550 e. The molecule has 2 aliphatic carbocycles. The van der Waals surface area contributed by atoms with Gasteiger partial charge in [-0.2, -0.15) is 0 Å². The minimum Gasteiger partial charge on any atom is -0.550 e. The molecule has 204 valence electrons. The van der Waals surface area contributed by atoms with Gasteiger partial charge in [0.2, 0.25) is 0 Å². The molecule has 0 amide bonds. The minimum atomic E-state index is -0.893. The van der Waals surface area contributed by atoms with Crippen molar-refractivity contribution in [1.29, 1.82) is 0 Å². The van der Waals surface area contributed by atoms with Crippen LogP contribution in [0.3, 0.4) is 0 Å². The normalized spacial score (nSPS) is 15.6. The number of unbranched alkanes of at least 4 members (excludes halogenated alkanes) is 2. The Kier molecular flexibility index (Phi) is 28.7. The summed E-state index contributed by atoms with van der Waals surface area (Å²) in [6.07, 6.45) is 21.8. The Morgan fingerprint density at radius 1 is 0.676 bits per heavy atom. The first-order valence-electron chi connectivity index (χ1n) is 12.6.